The van der Waals surface area contributed by atoms with E-state index >= 15 is 0 Å². The van der Waals surface area contributed by atoms with Crippen LogP contribution in [0.2, 0.25) is 5.02 Å². The fourth-order valence-electron chi connectivity index (χ4n) is 1.70. The molecular weight excluding hydrogens is 274 g/mol. The summed E-state index contributed by atoms with van der Waals surface area (Å²) in [5, 5.41) is 18.6. The van der Waals surface area contributed by atoms with E-state index in [2.05, 4.69) is 6.07 Å². The van der Waals surface area contributed by atoms with Gasteiger partial charge in [0.2, 0.25) is 0 Å². The highest BCUT2D eigenvalue weighted by Gasteiger charge is 2.03. The smallest absolute Gasteiger partial charge is 0.335 e. The lowest BCUT2D eigenvalue weighted by atomic mass is 10.0. The highest BCUT2D eigenvalue weighted by molar-refractivity contribution is 6.30. The van der Waals surface area contributed by atoms with Gasteiger partial charge in [0.15, 0.2) is 0 Å². The summed E-state index contributed by atoms with van der Waals surface area (Å²) in [6, 6.07) is 15.4. The molecule has 0 bridgehead atoms. The van der Waals surface area contributed by atoms with Gasteiger partial charge in [-0.15, -0.1) is 0 Å². The summed E-state index contributed by atoms with van der Waals surface area (Å²) in [7, 11) is 0. The number of nitriles is 1. The monoisotopic (exact) mass is 283 g/mol. The quantitative estimate of drug-likeness (QED) is 0.681. The third kappa shape index (κ3) is 3.25. The molecule has 0 amide bonds. The van der Waals surface area contributed by atoms with Crippen LogP contribution in [0.25, 0.3) is 11.6 Å². The molecule has 2 rings (SSSR count). The average Bonchev–Trinajstić information content (AvgIpc) is 2.46. The normalized spacial score (nSPS) is 10.9. The second-order valence-corrected chi connectivity index (χ2v) is 4.54. The van der Waals surface area contributed by atoms with E-state index in [0.717, 1.165) is 11.1 Å². The van der Waals surface area contributed by atoms with Gasteiger partial charge in [-0.1, -0.05) is 35.9 Å². The third-order valence-corrected chi connectivity index (χ3v) is 3.00. The number of carboxylic acid groups (broad SMARTS) is 1. The number of rotatable bonds is 3. The van der Waals surface area contributed by atoms with Gasteiger partial charge in [0.25, 0.3) is 0 Å². The number of carbonyl (C=O) groups is 1. The van der Waals surface area contributed by atoms with Gasteiger partial charge in [-0.2, -0.15) is 5.26 Å². The van der Waals surface area contributed by atoms with Crippen LogP contribution in [0.15, 0.2) is 48.5 Å². The summed E-state index contributed by atoms with van der Waals surface area (Å²) >= 11 is 5.81. The molecule has 0 saturated heterocycles. The molecule has 0 radical (unpaired) electrons. The molecule has 0 aliphatic carbocycles. The second-order valence-electron chi connectivity index (χ2n) is 4.10. The largest absolute Gasteiger partial charge is 0.478 e. The van der Waals surface area contributed by atoms with Crippen molar-refractivity contribution in [2.45, 2.75) is 0 Å². The topological polar surface area (TPSA) is 61.1 Å². The van der Waals surface area contributed by atoms with Crippen LogP contribution in [-0.4, -0.2) is 11.1 Å². The molecule has 0 fully saturated rings. The number of nitrogens with zero attached hydrogens (tertiary/aromatic N) is 1. The highest BCUT2D eigenvalue weighted by Crippen LogP contribution is 2.20. The molecule has 1 N–H and O–H groups in total. The van der Waals surface area contributed by atoms with E-state index in [1.165, 1.54) is 12.1 Å². The Balaban J connectivity index is 2.34. The Morgan fingerprint density at radius 3 is 2.10 bits per heavy atom. The molecule has 0 unspecified atom stereocenters. The van der Waals surface area contributed by atoms with Crippen LogP contribution in [0, 0.1) is 11.3 Å². The molecule has 0 heterocycles. The standard InChI is InChI=1S/C16H10ClNO2/c17-15-7-5-12(6-8-15)14(10-18)9-11-1-3-13(4-2-11)16(19)20/h1-9H,(H,19,20). The first-order chi connectivity index (χ1) is 9.60. The van der Waals surface area contributed by atoms with Crippen LogP contribution in [0.1, 0.15) is 21.5 Å². The molecule has 4 heteroatoms. The Bertz CT molecular complexity index is 695. The number of halogens is 1. The van der Waals surface area contributed by atoms with Gasteiger partial charge in [0.05, 0.1) is 17.2 Å². The summed E-state index contributed by atoms with van der Waals surface area (Å²) < 4.78 is 0. The predicted octanol–water partition coefficient (Wildman–Crippen LogP) is 4.10. The zero-order chi connectivity index (χ0) is 14.5. The SMILES string of the molecule is N#CC(=Cc1ccc(C(=O)O)cc1)c1ccc(Cl)cc1. The molecule has 0 aliphatic heterocycles. The van der Waals surface area contributed by atoms with Gasteiger partial charge in [-0.25, -0.2) is 4.79 Å². The van der Waals surface area contributed by atoms with Crippen molar-refractivity contribution < 1.29 is 9.90 Å². The van der Waals surface area contributed by atoms with E-state index in [0.29, 0.717) is 10.6 Å². The van der Waals surface area contributed by atoms with Crippen molar-refractivity contribution in [3.8, 4) is 6.07 Å². The first-order valence-electron chi connectivity index (χ1n) is 5.81. The zero-order valence-corrected chi connectivity index (χ0v) is 11.1. The van der Waals surface area contributed by atoms with Crippen LogP contribution < -0.4 is 0 Å². The molecule has 20 heavy (non-hydrogen) atoms. The predicted molar refractivity (Wildman–Crippen MR) is 78.3 cm³/mol. The van der Waals surface area contributed by atoms with Crippen molar-refractivity contribution in [2.75, 3.05) is 0 Å². The van der Waals surface area contributed by atoms with E-state index in [1.54, 1.807) is 42.5 Å². The molecule has 0 spiro atoms. The summed E-state index contributed by atoms with van der Waals surface area (Å²) in [5.74, 6) is -0.973. The molecular formula is C16H10ClNO2. The van der Waals surface area contributed by atoms with E-state index < -0.39 is 5.97 Å². The van der Waals surface area contributed by atoms with E-state index in [4.69, 9.17) is 16.7 Å². The van der Waals surface area contributed by atoms with Crippen LogP contribution in [0.4, 0.5) is 0 Å². The molecule has 2 aromatic carbocycles. The summed E-state index contributed by atoms with van der Waals surface area (Å²) in [4.78, 5) is 10.8. The van der Waals surface area contributed by atoms with Crippen molar-refractivity contribution in [3.05, 3.63) is 70.2 Å². The van der Waals surface area contributed by atoms with Gasteiger partial charge in [-0.3, -0.25) is 0 Å². The number of allylic oxidation sites excluding steroid dienone is 1. The number of aromatic carboxylic acids is 1. The van der Waals surface area contributed by atoms with E-state index in [1.807, 2.05) is 0 Å². The van der Waals surface area contributed by atoms with Crippen molar-refractivity contribution >= 4 is 29.2 Å². The maximum absolute atomic E-state index is 10.8. The minimum atomic E-state index is -0.973. The van der Waals surface area contributed by atoms with Crippen molar-refractivity contribution in [1.82, 2.24) is 0 Å². The number of carboxylic acids is 1. The Hall–Kier alpha value is -2.57. The summed E-state index contributed by atoms with van der Waals surface area (Å²) in [6.45, 7) is 0. The lowest BCUT2D eigenvalue weighted by Crippen LogP contribution is -1.94. The molecule has 0 aromatic heterocycles. The van der Waals surface area contributed by atoms with Crippen LogP contribution in [0.5, 0.6) is 0 Å². The van der Waals surface area contributed by atoms with Crippen molar-refractivity contribution in [2.24, 2.45) is 0 Å². The number of hydrogen-bond donors (Lipinski definition) is 1. The average molecular weight is 284 g/mol. The molecule has 0 atom stereocenters. The van der Waals surface area contributed by atoms with Crippen LogP contribution in [0.3, 0.4) is 0 Å². The lowest BCUT2D eigenvalue weighted by Gasteiger charge is -2.01. The van der Waals surface area contributed by atoms with Gasteiger partial charge in [0, 0.05) is 5.02 Å². The van der Waals surface area contributed by atoms with Gasteiger partial charge >= 0.3 is 5.97 Å². The van der Waals surface area contributed by atoms with Crippen molar-refractivity contribution in [1.29, 1.82) is 5.26 Å². The minimum absolute atomic E-state index is 0.215. The summed E-state index contributed by atoms with van der Waals surface area (Å²) in [6.07, 6.45) is 1.70. The Morgan fingerprint density at radius 1 is 1.05 bits per heavy atom. The van der Waals surface area contributed by atoms with Crippen LogP contribution >= 0.6 is 11.6 Å². The van der Waals surface area contributed by atoms with Crippen LogP contribution in [-0.2, 0) is 0 Å². The van der Waals surface area contributed by atoms with Gasteiger partial charge in [0.1, 0.15) is 0 Å². The van der Waals surface area contributed by atoms with Crippen molar-refractivity contribution in [3.63, 3.8) is 0 Å². The zero-order valence-electron chi connectivity index (χ0n) is 10.4. The van der Waals surface area contributed by atoms with Gasteiger partial charge in [-0.05, 0) is 41.5 Å². The minimum Gasteiger partial charge on any atom is -0.478 e. The summed E-state index contributed by atoms with van der Waals surface area (Å²) in [5.41, 5.74) is 2.23. The Labute approximate surface area is 121 Å². The third-order valence-electron chi connectivity index (χ3n) is 2.74. The second kappa shape index (κ2) is 6.05. The first-order valence-corrected chi connectivity index (χ1v) is 6.19. The lowest BCUT2D eigenvalue weighted by molar-refractivity contribution is 0.0697. The first kappa shape index (κ1) is 13.9. The molecule has 2 aromatic rings. The number of hydrogen-bond acceptors (Lipinski definition) is 2. The Morgan fingerprint density at radius 2 is 1.60 bits per heavy atom. The maximum atomic E-state index is 10.8. The van der Waals surface area contributed by atoms with Gasteiger partial charge < -0.3 is 5.11 Å². The molecule has 3 nitrogen and oxygen atoms in total. The van der Waals surface area contributed by atoms with E-state index in [9.17, 15) is 10.1 Å². The Kier molecular flexibility index (Phi) is 4.19. The fourth-order valence-corrected chi connectivity index (χ4v) is 1.82. The number of benzene rings is 2. The fraction of sp³-hybridized carbons (Fsp3) is 0. The highest BCUT2D eigenvalue weighted by atomic mass is 35.5. The molecule has 0 aliphatic rings. The maximum Gasteiger partial charge on any atom is 0.335 e. The molecule has 0 saturated carbocycles. The van der Waals surface area contributed by atoms with E-state index in [-0.39, 0.29) is 5.56 Å². The molecule has 98 valence electrons.